The summed E-state index contributed by atoms with van der Waals surface area (Å²) < 4.78 is 0.773. The molecule has 1 fully saturated rings. The molecule has 1 aliphatic carbocycles. The number of halogens is 1. The fourth-order valence-electron chi connectivity index (χ4n) is 2.18. The number of rotatable bonds is 4. The fraction of sp³-hybridized carbons (Fsp3) is 0.167. The molecule has 2 aromatic carbocycles. The maximum Gasteiger partial charge on any atom is 0.269 e. The number of carbonyl (C=O) groups is 3. The van der Waals surface area contributed by atoms with E-state index in [1.807, 2.05) is 0 Å². The Bertz CT molecular complexity index is 817. The summed E-state index contributed by atoms with van der Waals surface area (Å²) in [6.45, 7) is 0. The normalized spacial score (nSPS) is 13.0. The zero-order valence-electron chi connectivity index (χ0n) is 13.2. The molecule has 0 heterocycles. The summed E-state index contributed by atoms with van der Waals surface area (Å²) in [7, 11) is 0. The Hall–Kier alpha value is -2.67. The van der Waals surface area contributed by atoms with Crippen molar-refractivity contribution in [1.82, 2.24) is 10.9 Å². The highest BCUT2D eigenvalue weighted by atomic mass is 79.9. The van der Waals surface area contributed by atoms with Crippen molar-refractivity contribution in [3.8, 4) is 0 Å². The van der Waals surface area contributed by atoms with Crippen molar-refractivity contribution in [1.29, 1.82) is 0 Å². The van der Waals surface area contributed by atoms with E-state index in [1.165, 1.54) is 0 Å². The topological polar surface area (TPSA) is 87.3 Å². The Morgan fingerprint density at radius 3 is 2.12 bits per heavy atom. The summed E-state index contributed by atoms with van der Waals surface area (Å²) >= 11 is 3.29. The minimum absolute atomic E-state index is 0.0125. The van der Waals surface area contributed by atoms with Crippen LogP contribution in [0.15, 0.2) is 53.0 Å². The quantitative estimate of drug-likeness (QED) is 0.688. The van der Waals surface area contributed by atoms with E-state index in [0.717, 1.165) is 17.3 Å². The highest BCUT2D eigenvalue weighted by Gasteiger charge is 2.29. The third kappa shape index (κ3) is 4.67. The SMILES string of the molecule is O=C(NNC(=O)c1cccc(Br)c1)c1ccc(NC(=O)C2CC2)cc1. The lowest BCUT2D eigenvalue weighted by atomic mass is 10.2. The smallest absolute Gasteiger partial charge is 0.269 e. The molecule has 1 aliphatic rings. The van der Waals surface area contributed by atoms with E-state index in [4.69, 9.17) is 0 Å². The van der Waals surface area contributed by atoms with Crippen LogP contribution in [0.25, 0.3) is 0 Å². The molecule has 0 saturated heterocycles. The molecular formula is C18H16BrN3O3. The number of hydrogen-bond acceptors (Lipinski definition) is 3. The molecular weight excluding hydrogens is 386 g/mol. The van der Waals surface area contributed by atoms with Gasteiger partial charge in [0.15, 0.2) is 0 Å². The van der Waals surface area contributed by atoms with Crippen molar-refractivity contribution in [3.05, 3.63) is 64.1 Å². The number of carbonyl (C=O) groups excluding carboxylic acids is 3. The number of hydrogen-bond donors (Lipinski definition) is 3. The van der Waals surface area contributed by atoms with Gasteiger partial charge in [-0.05, 0) is 55.3 Å². The molecule has 6 nitrogen and oxygen atoms in total. The molecule has 7 heteroatoms. The molecule has 1 saturated carbocycles. The Labute approximate surface area is 153 Å². The molecule has 0 atom stereocenters. The monoisotopic (exact) mass is 401 g/mol. The van der Waals surface area contributed by atoms with Gasteiger partial charge in [0.25, 0.3) is 11.8 Å². The van der Waals surface area contributed by atoms with Gasteiger partial charge in [-0.15, -0.1) is 0 Å². The van der Waals surface area contributed by atoms with E-state index in [0.29, 0.717) is 16.8 Å². The van der Waals surface area contributed by atoms with Crippen LogP contribution >= 0.6 is 15.9 Å². The maximum atomic E-state index is 12.1. The van der Waals surface area contributed by atoms with Gasteiger partial charge < -0.3 is 5.32 Å². The molecule has 25 heavy (non-hydrogen) atoms. The minimum atomic E-state index is -0.441. The number of nitrogens with one attached hydrogen (secondary N) is 3. The van der Waals surface area contributed by atoms with E-state index < -0.39 is 11.8 Å². The molecule has 0 radical (unpaired) electrons. The molecule has 2 aromatic rings. The van der Waals surface area contributed by atoms with Crippen LogP contribution in [0.4, 0.5) is 5.69 Å². The minimum Gasteiger partial charge on any atom is -0.326 e. The van der Waals surface area contributed by atoms with Gasteiger partial charge in [-0.2, -0.15) is 0 Å². The summed E-state index contributed by atoms with van der Waals surface area (Å²) in [6.07, 6.45) is 1.87. The third-order valence-corrected chi connectivity index (χ3v) is 4.23. The van der Waals surface area contributed by atoms with Crippen molar-refractivity contribution in [2.45, 2.75) is 12.8 Å². The predicted molar refractivity (Wildman–Crippen MR) is 96.9 cm³/mol. The van der Waals surface area contributed by atoms with Gasteiger partial charge in [0.2, 0.25) is 5.91 Å². The van der Waals surface area contributed by atoms with Crippen LogP contribution in [0.2, 0.25) is 0 Å². The average molecular weight is 402 g/mol. The van der Waals surface area contributed by atoms with Crippen molar-refractivity contribution in [2.24, 2.45) is 5.92 Å². The second kappa shape index (κ2) is 7.48. The first-order valence-corrected chi connectivity index (χ1v) is 8.59. The van der Waals surface area contributed by atoms with Crippen LogP contribution in [0.1, 0.15) is 33.6 Å². The van der Waals surface area contributed by atoms with E-state index in [-0.39, 0.29) is 11.8 Å². The van der Waals surface area contributed by atoms with Crippen molar-refractivity contribution in [3.63, 3.8) is 0 Å². The van der Waals surface area contributed by atoms with Gasteiger partial charge in [-0.1, -0.05) is 22.0 Å². The second-order valence-corrected chi connectivity index (χ2v) is 6.68. The van der Waals surface area contributed by atoms with E-state index >= 15 is 0 Å². The van der Waals surface area contributed by atoms with Crippen LogP contribution in [0.5, 0.6) is 0 Å². The summed E-state index contributed by atoms with van der Waals surface area (Å²) in [5, 5.41) is 2.80. The van der Waals surface area contributed by atoms with E-state index in [2.05, 4.69) is 32.1 Å². The molecule has 0 spiro atoms. The van der Waals surface area contributed by atoms with Gasteiger partial charge in [-0.3, -0.25) is 25.2 Å². The number of benzene rings is 2. The molecule has 3 amide bonds. The zero-order valence-corrected chi connectivity index (χ0v) is 14.8. The van der Waals surface area contributed by atoms with Crippen molar-refractivity contribution in [2.75, 3.05) is 5.32 Å². The van der Waals surface area contributed by atoms with Gasteiger partial charge in [0, 0.05) is 27.2 Å². The van der Waals surface area contributed by atoms with Crippen LogP contribution < -0.4 is 16.2 Å². The molecule has 0 bridgehead atoms. The summed E-state index contributed by atoms with van der Waals surface area (Å²) in [5.74, 6) is -0.721. The standard InChI is InChI=1S/C18H16BrN3O3/c19-14-3-1-2-13(10-14)18(25)22-21-17(24)12-6-8-15(9-7-12)20-16(23)11-4-5-11/h1-3,6-11H,4-5H2,(H,20,23)(H,21,24)(H,22,25). The fourth-order valence-corrected chi connectivity index (χ4v) is 2.58. The van der Waals surface area contributed by atoms with E-state index in [9.17, 15) is 14.4 Å². The van der Waals surface area contributed by atoms with Crippen LogP contribution in [-0.4, -0.2) is 17.7 Å². The van der Waals surface area contributed by atoms with Crippen molar-refractivity contribution < 1.29 is 14.4 Å². The predicted octanol–water partition coefficient (Wildman–Crippen LogP) is 2.87. The first-order valence-electron chi connectivity index (χ1n) is 7.80. The zero-order chi connectivity index (χ0) is 17.8. The summed E-state index contributed by atoms with van der Waals surface area (Å²) in [6, 6.07) is 13.3. The number of amides is 3. The Morgan fingerprint density at radius 1 is 0.880 bits per heavy atom. The highest BCUT2D eigenvalue weighted by Crippen LogP contribution is 2.30. The number of hydrazine groups is 1. The lowest BCUT2D eigenvalue weighted by Crippen LogP contribution is -2.41. The van der Waals surface area contributed by atoms with Crippen molar-refractivity contribution >= 4 is 39.3 Å². The third-order valence-electron chi connectivity index (χ3n) is 3.74. The maximum absolute atomic E-state index is 12.1. The van der Waals surface area contributed by atoms with Crippen LogP contribution in [0, 0.1) is 5.92 Å². The average Bonchev–Trinajstić information content (AvgIpc) is 3.45. The number of anilines is 1. The largest absolute Gasteiger partial charge is 0.326 e. The second-order valence-electron chi connectivity index (χ2n) is 5.76. The highest BCUT2D eigenvalue weighted by molar-refractivity contribution is 9.10. The molecule has 3 N–H and O–H groups in total. The van der Waals surface area contributed by atoms with Gasteiger partial charge in [0.1, 0.15) is 0 Å². The molecule has 128 valence electrons. The Morgan fingerprint density at radius 2 is 1.52 bits per heavy atom. The molecule has 3 rings (SSSR count). The van der Waals surface area contributed by atoms with Gasteiger partial charge in [-0.25, -0.2) is 0 Å². The first kappa shape index (κ1) is 17.2. The lowest BCUT2D eigenvalue weighted by Gasteiger charge is -2.09. The first-order chi connectivity index (χ1) is 12.0. The Kier molecular flexibility index (Phi) is 5.14. The van der Waals surface area contributed by atoms with Gasteiger partial charge >= 0.3 is 0 Å². The summed E-state index contributed by atoms with van der Waals surface area (Å²) in [4.78, 5) is 35.7. The van der Waals surface area contributed by atoms with Crippen LogP contribution in [0.3, 0.4) is 0 Å². The van der Waals surface area contributed by atoms with Gasteiger partial charge in [0.05, 0.1) is 0 Å². The lowest BCUT2D eigenvalue weighted by molar-refractivity contribution is -0.117. The molecule has 0 unspecified atom stereocenters. The van der Waals surface area contributed by atoms with E-state index in [1.54, 1.807) is 48.5 Å². The summed E-state index contributed by atoms with van der Waals surface area (Å²) in [5.41, 5.74) is 6.17. The molecule has 0 aliphatic heterocycles. The Balaban J connectivity index is 1.54. The molecule has 0 aromatic heterocycles. The van der Waals surface area contributed by atoms with Crippen LogP contribution in [-0.2, 0) is 4.79 Å².